The van der Waals surface area contributed by atoms with Gasteiger partial charge in [0, 0.05) is 11.3 Å². The van der Waals surface area contributed by atoms with Gasteiger partial charge in [-0.05, 0) is 69.2 Å². The Morgan fingerprint density at radius 1 is 1.11 bits per heavy atom. The Morgan fingerprint density at radius 2 is 1.85 bits per heavy atom. The van der Waals surface area contributed by atoms with Gasteiger partial charge in [-0.2, -0.15) is 0 Å². The van der Waals surface area contributed by atoms with Crippen molar-refractivity contribution in [2.75, 3.05) is 16.8 Å². The van der Waals surface area contributed by atoms with Gasteiger partial charge < -0.3 is 10.1 Å². The number of ether oxygens (including phenoxy) is 1. The zero-order valence-corrected chi connectivity index (χ0v) is 15.8. The van der Waals surface area contributed by atoms with Gasteiger partial charge in [0.25, 0.3) is 5.91 Å². The van der Waals surface area contributed by atoms with E-state index in [0.717, 1.165) is 11.1 Å². The van der Waals surface area contributed by atoms with Crippen molar-refractivity contribution in [2.45, 2.75) is 33.8 Å². The van der Waals surface area contributed by atoms with Crippen LogP contribution in [0.4, 0.5) is 11.4 Å². The summed E-state index contributed by atoms with van der Waals surface area (Å²) in [4.78, 5) is 38.2. The van der Waals surface area contributed by atoms with Crippen molar-refractivity contribution in [3.63, 3.8) is 0 Å². The summed E-state index contributed by atoms with van der Waals surface area (Å²) in [5.74, 6) is -0.284. The van der Waals surface area contributed by atoms with E-state index in [1.165, 1.54) is 11.8 Å². The zero-order valence-electron chi connectivity index (χ0n) is 15.8. The second kappa shape index (κ2) is 7.23. The molecule has 0 bridgehead atoms. The second-order valence-electron chi connectivity index (χ2n) is 6.77. The molecule has 0 aliphatic carbocycles. The Balaban J connectivity index is 1.85. The molecule has 6 nitrogen and oxygen atoms in total. The molecule has 2 amide bonds. The van der Waals surface area contributed by atoms with Gasteiger partial charge in [-0.3, -0.25) is 19.3 Å². The van der Waals surface area contributed by atoms with E-state index in [4.69, 9.17) is 4.74 Å². The highest BCUT2D eigenvalue weighted by atomic mass is 16.5. The molecule has 1 atom stereocenters. The van der Waals surface area contributed by atoms with E-state index < -0.39 is 6.10 Å². The van der Waals surface area contributed by atoms with Crippen molar-refractivity contribution in [1.29, 1.82) is 0 Å². The number of benzene rings is 2. The molecule has 0 radical (unpaired) electrons. The van der Waals surface area contributed by atoms with Gasteiger partial charge >= 0.3 is 0 Å². The second-order valence-corrected chi connectivity index (χ2v) is 6.77. The smallest absolute Gasteiger partial charge is 0.268 e. The van der Waals surface area contributed by atoms with Crippen LogP contribution in [-0.2, 0) is 9.59 Å². The monoisotopic (exact) mass is 366 g/mol. The number of amides is 2. The maximum Gasteiger partial charge on any atom is 0.268 e. The number of nitrogens with zero attached hydrogens (tertiary/aromatic N) is 1. The lowest BCUT2D eigenvalue weighted by Gasteiger charge is -2.32. The number of nitrogens with one attached hydrogen (secondary N) is 1. The highest BCUT2D eigenvalue weighted by molar-refractivity contribution is 6.07. The van der Waals surface area contributed by atoms with E-state index >= 15 is 0 Å². The normalized spacial score (nSPS) is 15.8. The molecular weight excluding hydrogens is 344 g/mol. The number of fused-ring (bicyclic) bond motifs is 1. The highest BCUT2D eigenvalue weighted by Crippen LogP contribution is 2.35. The maximum absolute atomic E-state index is 12.6. The van der Waals surface area contributed by atoms with Crippen LogP contribution in [-0.4, -0.2) is 30.2 Å². The number of hydrogen-bond acceptors (Lipinski definition) is 4. The third-order valence-corrected chi connectivity index (χ3v) is 4.67. The molecule has 1 aliphatic heterocycles. The van der Waals surface area contributed by atoms with Crippen LogP contribution in [0.15, 0.2) is 36.4 Å². The molecule has 27 heavy (non-hydrogen) atoms. The average molecular weight is 366 g/mol. The maximum atomic E-state index is 12.6. The largest absolute Gasteiger partial charge is 0.479 e. The van der Waals surface area contributed by atoms with Crippen molar-refractivity contribution in [1.82, 2.24) is 0 Å². The summed E-state index contributed by atoms with van der Waals surface area (Å²) in [6.07, 6.45) is -0.699. The predicted octanol–water partition coefficient (Wildman–Crippen LogP) is 3.26. The summed E-state index contributed by atoms with van der Waals surface area (Å²) in [5.41, 5.74) is 3.77. The Labute approximate surface area is 158 Å². The molecule has 0 spiro atoms. The fourth-order valence-corrected chi connectivity index (χ4v) is 2.95. The topological polar surface area (TPSA) is 75.7 Å². The van der Waals surface area contributed by atoms with Crippen molar-refractivity contribution in [2.24, 2.45) is 0 Å². The first kappa shape index (κ1) is 18.6. The first-order valence-corrected chi connectivity index (χ1v) is 8.76. The van der Waals surface area contributed by atoms with E-state index in [1.54, 1.807) is 25.1 Å². The van der Waals surface area contributed by atoms with Crippen LogP contribution in [0.2, 0.25) is 0 Å². The molecule has 0 saturated carbocycles. The third-order valence-electron chi connectivity index (χ3n) is 4.67. The SMILES string of the molecule is CC(=O)c1ccc2c(c1)N(CC(=O)Nc1ccc(C)c(C)c1)C(=O)C(C)O2. The van der Waals surface area contributed by atoms with E-state index in [9.17, 15) is 14.4 Å². The van der Waals surface area contributed by atoms with Crippen LogP contribution in [0, 0.1) is 13.8 Å². The van der Waals surface area contributed by atoms with E-state index in [0.29, 0.717) is 22.7 Å². The number of ketones is 1. The minimum absolute atomic E-state index is 0.122. The molecule has 1 unspecified atom stereocenters. The molecule has 2 aromatic carbocycles. The molecule has 0 fully saturated rings. The predicted molar refractivity (Wildman–Crippen MR) is 103 cm³/mol. The zero-order chi connectivity index (χ0) is 19.7. The minimum atomic E-state index is -0.699. The molecular formula is C21H22N2O4. The molecule has 0 aromatic heterocycles. The molecule has 1 N–H and O–H groups in total. The lowest BCUT2D eigenvalue weighted by Crippen LogP contribution is -2.47. The van der Waals surface area contributed by atoms with Crippen LogP contribution in [0.5, 0.6) is 5.75 Å². The number of carbonyl (C=O) groups is 3. The van der Waals surface area contributed by atoms with Crippen LogP contribution >= 0.6 is 0 Å². The Kier molecular flexibility index (Phi) is 4.99. The average Bonchev–Trinajstić information content (AvgIpc) is 2.61. The number of hydrogen-bond donors (Lipinski definition) is 1. The molecule has 2 aromatic rings. The quantitative estimate of drug-likeness (QED) is 0.843. The van der Waals surface area contributed by atoms with E-state index in [2.05, 4.69) is 5.32 Å². The van der Waals surface area contributed by atoms with Crippen LogP contribution < -0.4 is 15.0 Å². The number of Topliss-reactive ketones (excluding diaryl/α,β-unsaturated/α-hetero) is 1. The van der Waals surface area contributed by atoms with Crippen molar-refractivity contribution >= 4 is 29.0 Å². The lowest BCUT2D eigenvalue weighted by atomic mass is 10.1. The summed E-state index contributed by atoms with van der Waals surface area (Å²) in [6, 6.07) is 10.5. The first-order chi connectivity index (χ1) is 12.8. The Hall–Kier alpha value is -3.15. The van der Waals surface area contributed by atoms with Gasteiger partial charge in [-0.25, -0.2) is 0 Å². The Bertz CT molecular complexity index is 936. The molecule has 1 aliphatic rings. The van der Waals surface area contributed by atoms with Crippen LogP contribution in [0.1, 0.15) is 35.3 Å². The Morgan fingerprint density at radius 3 is 2.52 bits per heavy atom. The van der Waals surface area contributed by atoms with Crippen molar-refractivity contribution < 1.29 is 19.1 Å². The fourth-order valence-electron chi connectivity index (χ4n) is 2.95. The van der Waals surface area contributed by atoms with Gasteiger partial charge in [0.15, 0.2) is 11.9 Å². The summed E-state index contributed by atoms with van der Waals surface area (Å²) in [6.45, 7) is 6.90. The van der Waals surface area contributed by atoms with Gasteiger partial charge in [0.2, 0.25) is 5.91 Å². The summed E-state index contributed by atoms with van der Waals surface area (Å²) >= 11 is 0. The van der Waals surface area contributed by atoms with Gasteiger partial charge in [0.1, 0.15) is 12.3 Å². The van der Waals surface area contributed by atoms with Gasteiger partial charge in [-0.1, -0.05) is 6.07 Å². The van der Waals surface area contributed by atoms with Gasteiger partial charge in [0.05, 0.1) is 5.69 Å². The van der Waals surface area contributed by atoms with E-state index in [-0.39, 0.29) is 24.1 Å². The van der Waals surface area contributed by atoms with Crippen LogP contribution in [0.25, 0.3) is 0 Å². The number of aryl methyl sites for hydroxylation is 2. The number of carbonyl (C=O) groups excluding carboxylic acids is 3. The summed E-state index contributed by atoms with van der Waals surface area (Å²) in [5, 5.41) is 2.82. The third kappa shape index (κ3) is 3.84. The molecule has 6 heteroatoms. The summed E-state index contributed by atoms with van der Waals surface area (Å²) in [7, 11) is 0. The van der Waals surface area contributed by atoms with Crippen molar-refractivity contribution in [3.8, 4) is 5.75 Å². The molecule has 0 saturated heterocycles. The highest BCUT2D eigenvalue weighted by Gasteiger charge is 2.33. The molecule has 140 valence electrons. The number of anilines is 2. The summed E-state index contributed by atoms with van der Waals surface area (Å²) < 4.78 is 5.60. The number of rotatable bonds is 4. The molecule has 3 rings (SSSR count). The van der Waals surface area contributed by atoms with Gasteiger partial charge in [-0.15, -0.1) is 0 Å². The van der Waals surface area contributed by atoms with Crippen molar-refractivity contribution in [3.05, 3.63) is 53.1 Å². The van der Waals surface area contributed by atoms with E-state index in [1.807, 2.05) is 32.0 Å². The fraction of sp³-hybridized carbons (Fsp3) is 0.286. The standard InChI is InChI=1S/C21H22N2O4/c1-12-5-7-17(9-13(12)2)22-20(25)11-23-18-10-16(14(3)24)6-8-19(18)27-15(4)21(23)26/h5-10,15H,11H2,1-4H3,(H,22,25). The lowest BCUT2D eigenvalue weighted by molar-refractivity contribution is -0.127. The minimum Gasteiger partial charge on any atom is -0.479 e. The molecule has 1 heterocycles. The first-order valence-electron chi connectivity index (χ1n) is 8.76. The van der Waals surface area contributed by atoms with Crippen LogP contribution in [0.3, 0.4) is 0 Å².